The molecule has 0 saturated heterocycles. The number of nitrogens with zero attached hydrogens (tertiary/aromatic N) is 1. The molecule has 0 fully saturated rings. The summed E-state index contributed by atoms with van der Waals surface area (Å²) in [7, 11) is 0. The van der Waals surface area contributed by atoms with Crippen LogP contribution >= 0.6 is 0 Å². The van der Waals surface area contributed by atoms with Gasteiger partial charge in [-0.1, -0.05) is 24.3 Å². The van der Waals surface area contributed by atoms with Gasteiger partial charge in [0.05, 0.1) is 5.69 Å². The van der Waals surface area contributed by atoms with Crippen molar-refractivity contribution >= 4 is 17.2 Å². The standard InChI is InChI=1S/C16H19N3/c1-3-19(13-8-6-7-12(2)11-13)15-10-5-4-9-14(15)16(17)18/h4-11H,3H2,1-2H3,(H3,17,18). The molecule has 3 N–H and O–H groups in total. The molecule has 0 atom stereocenters. The quantitative estimate of drug-likeness (QED) is 0.648. The minimum absolute atomic E-state index is 0.0988. The molecule has 2 rings (SSSR count). The molecule has 0 spiro atoms. The summed E-state index contributed by atoms with van der Waals surface area (Å²) in [6.45, 7) is 5.00. The van der Waals surface area contributed by atoms with Crippen LogP contribution in [0.3, 0.4) is 0 Å². The van der Waals surface area contributed by atoms with Crippen LogP contribution in [0.1, 0.15) is 18.1 Å². The van der Waals surface area contributed by atoms with Crippen LogP contribution in [0.2, 0.25) is 0 Å². The molecule has 0 bridgehead atoms. The van der Waals surface area contributed by atoms with Gasteiger partial charge in [0, 0.05) is 17.8 Å². The Balaban J connectivity index is 2.51. The van der Waals surface area contributed by atoms with Crippen molar-refractivity contribution in [2.45, 2.75) is 13.8 Å². The lowest BCUT2D eigenvalue weighted by Gasteiger charge is -2.26. The van der Waals surface area contributed by atoms with E-state index in [0.29, 0.717) is 0 Å². The molecule has 3 heteroatoms. The fraction of sp³-hybridized carbons (Fsp3) is 0.188. The Kier molecular flexibility index (Phi) is 3.85. The SMILES string of the molecule is CCN(c1cccc(C)c1)c1ccccc1C(=N)N. The molecule has 0 saturated carbocycles. The number of nitrogens with one attached hydrogen (secondary N) is 1. The molecule has 0 aromatic heterocycles. The van der Waals surface area contributed by atoms with Crippen molar-refractivity contribution in [3.8, 4) is 0 Å². The number of benzene rings is 2. The highest BCUT2D eigenvalue weighted by Crippen LogP contribution is 2.28. The second-order valence-electron chi connectivity index (χ2n) is 4.51. The van der Waals surface area contributed by atoms with Crippen LogP contribution in [-0.2, 0) is 0 Å². The second kappa shape index (κ2) is 5.57. The van der Waals surface area contributed by atoms with Gasteiger partial charge in [0.25, 0.3) is 0 Å². The van der Waals surface area contributed by atoms with Crippen LogP contribution in [0, 0.1) is 12.3 Å². The van der Waals surface area contributed by atoms with E-state index in [1.165, 1.54) is 5.56 Å². The van der Waals surface area contributed by atoms with Gasteiger partial charge in [0.2, 0.25) is 0 Å². The Labute approximate surface area is 114 Å². The minimum Gasteiger partial charge on any atom is -0.384 e. The Morgan fingerprint density at radius 1 is 1.16 bits per heavy atom. The molecular formula is C16H19N3. The van der Waals surface area contributed by atoms with Crippen LogP contribution in [-0.4, -0.2) is 12.4 Å². The molecule has 0 aliphatic rings. The first-order valence-electron chi connectivity index (χ1n) is 6.41. The lowest BCUT2D eigenvalue weighted by Crippen LogP contribution is -2.21. The predicted octanol–water partition coefficient (Wildman–Crippen LogP) is 3.44. The maximum Gasteiger partial charge on any atom is 0.124 e. The summed E-state index contributed by atoms with van der Waals surface area (Å²) >= 11 is 0. The summed E-state index contributed by atoms with van der Waals surface area (Å²) in [6.07, 6.45) is 0. The number of nitrogen functional groups attached to an aromatic ring is 1. The highest BCUT2D eigenvalue weighted by Gasteiger charge is 2.12. The molecule has 0 aliphatic carbocycles. The third-order valence-corrected chi connectivity index (χ3v) is 3.11. The third kappa shape index (κ3) is 2.76. The average molecular weight is 253 g/mol. The van der Waals surface area contributed by atoms with E-state index in [1.807, 2.05) is 30.3 Å². The fourth-order valence-electron chi connectivity index (χ4n) is 2.22. The van der Waals surface area contributed by atoms with E-state index in [1.54, 1.807) is 0 Å². The van der Waals surface area contributed by atoms with Gasteiger partial charge in [-0.2, -0.15) is 0 Å². The summed E-state index contributed by atoms with van der Waals surface area (Å²) < 4.78 is 0. The van der Waals surface area contributed by atoms with Crippen molar-refractivity contribution < 1.29 is 0 Å². The number of para-hydroxylation sites is 1. The number of amidine groups is 1. The van der Waals surface area contributed by atoms with Gasteiger partial charge >= 0.3 is 0 Å². The van der Waals surface area contributed by atoms with Gasteiger partial charge in [-0.3, -0.25) is 5.41 Å². The first kappa shape index (κ1) is 13.1. The van der Waals surface area contributed by atoms with Crippen LogP contribution in [0.25, 0.3) is 0 Å². The summed E-state index contributed by atoms with van der Waals surface area (Å²) in [5, 5.41) is 7.70. The molecule has 2 aromatic rings. The van der Waals surface area contributed by atoms with Crippen LogP contribution in [0.4, 0.5) is 11.4 Å². The minimum atomic E-state index is 0.0988. The molecule has 3 nitrogen and oxygen atoms in total. The maximum atomic E-state index is 7.70. The van der Waals surface area contributed by atoms with Crippen molar-refractivity contribution in [2.24, 2.45) is 5.73 Å². The monoisotopic (exact) mass is 253 g/mol. The average Bonchev–Trinajstić information content (AvgIpc) is 2.40. The van der Waals surface area contributed by atoms with E-state index >= 15 is 0 Å². The lowest BCUT2D eigenvalue weighted by atomic mass is 10.1. The molecular weight excluding hydrogens is 234 g/mol. The zero-order valence-electron chi connectivity index (χ0n) is 11.4. The van der Waals surface area contributed by atoms with Crippen molar-refractivity contribution in [3.63, 3.8) is 0 Å². The number of rotatable bonds is 4. The highest BCUT2D eigenvalue weighted by molar-refractivity contribution is 6.01. The van der Waals surface area contributed by atoms with Gasteiger partial charge < -0.3 is 10.6 Å². The Hall–Kier alpha value is -2.29. The third-order valence-electron chi connectivity index (χ3n) is 3.11. The number of aryl methyl sites for hydroxylation is 1. The van der Waals surface area contributed by atoms with E-state index in [0.717, 1.165) is 23.5 Å². The Bertz CT molecular complexity index is 590. The molecule has 0 amide bonds. The molecule has 0 heterocycles. The first-order valence-corrected chi connectivity index (χ1v) is 6.41. The topological polar surface area (TPSA) is 53.1 Å². The highest BCUT2D eigenvalue weighted by atomic mass is 15.1. The van der Waals surface area contributed by atoms with Crippen LogP contribution in [0.5, 0.6) is 0 Å². The van der Waals surface area contributed by atoms with E-state index in [-0.39, 0.29) is 5.84 Å². The fourth-order valence-corrected chi connectivity index (χ4v) is 2.22. The molecule has 0 aliphatic heterocycles. The van der Waals surface area contributed by atoms with Gasteiger partial charge in [-0.05, 0) is 43.7 Å². The van der Waals surface area contributed by atoms with Gasteiger partial charge in [-0.25, -0.2) is 0 Å². The van der Waals surface area contributed by atoms with Crippen molar-refractivity contribution in [3.05, 3.63) is 59.7 Å². The Morgan fingerprint density at radius 3 is 2.53 bits per heavy atom. The summed E-state index contributed by atoms with van der Waals surface area (Å²) in [5.41, 5.74) is 9.76. The van der Waals surface area contributed by atoms with E-state index in [9.17, 15) is 0 Å². The molecule has 0 radical (unpaired) electrons. The smallest absolute Gasteiger partial charge is 0.124 e. The largest absolute Gasteiger partial charge is 0.384 e. The first-order chi connectivity index (χ1) is 9.13. The predicted molar refractivity (Wildman–Crippen MR) is 81.3 cm³/mol. The van der Waals surface area contributed by atoms with E-state index < -0.39 is 0 Å². The zero-order chi connectivity index (χ0) is 13.8. The van der Waals surface area contributed by atoms with Gasteiger partial charge in [0.1, 0.15) is 5.84 Å². The zero-order valence-corrected chi connectivity index (χ0v) is 11.4. The van der Waals surface area contributed by atoms with Gasteiger partial charge in [-0.15, -0.1) is 0 Å². The van der Waals surface area contributed by atoms with Crippen LogP contribution in [0.15, 0.2) is 48.5 Å². The summed E-state index contributed by atoms with van der Waals surface area (Å²) in [5.74, 6) is 0.0988. The van der Waals surface area contributed by atoms with Crippen molar-refractivity contribution in [2.75, 3.05) is 11.4 Å². The van der Waals surface area contributed by atoms with Crippen molar-refractivity contribution in [1.82, 2.24) is 0 Å². The molecule has 98 valence electrons. The summed E-state index contributed by atoms with van der Waals surface area (Å²) in [6, 6.07) is 16.1. The normalized spacial score (nSPS) is 10.2. The number of hydrogen-bond acceptors (Lipinski definition) is 2. The second-order valence-corrected chi connectivity index (χ2v) is 4.51. The number of hydrogen-bond donors (Lipinski definition) is 2. The number of nitrogens with two attached hydrogens (primary N) is 1. The van der Waals surface area contributed by atoms with Crippen molar-refractivity contribution in [1.29, 1.82) is 5.41 Å². The maximum absolute atomic E-state index is 7.70. The van der Waals surface area contributed by atoms with E-state index in [2.05, 4.69) is 36.9 Å². The Morgan fingerprint density at radius 2 is 1.89 bits per heavy atom. The molecule has 0 unspecified atom stereocenters. The van der Waals surface area contributed by atoms with E-state index in [4.69, 9.17) is 11.1 Å². The molecule has 2 aromatic carbocycles. The lowest BCUT2D eigenvalue weighted by molar-refractivity contribution is 1.02. The van der Waals surface area contributed by atoms with Crippen LogP contribution < -0.4 is 10.6 Å². The number of anilines is 2. The molecule has 19 heavy (non-hydrogen) atoms. The summed E-state index contributed by atoms with van der Waals surface area (Å²) in [4.78, 5) is 2.17. The van der Waals surface area contributed by atoms with Gasteiger partial charge in [0.15, 0.2) is 0 Å².